The number of ether oxygens (including phenoxy) is 1. The van der Waals surface area contributed by atoms with E-state index in [0.29, 0.717) is 12.2 Å². The van der Waals surface area contributed by atoms with Gasteiger partial charge in [0.1, 0.15) is 0 Å². The fraction of sp³-hybridized carbons (Fsp3) is 0.667. The van der Waals surface area contributed by atoms with Crippen LogP contribution in [0.4, 0.5) is 4.39 Å². The van der Waals surface area contributed by atoms with Crippen LogP contribution < -0.4 is 0 Å². The average molecular weight is 255 g/mol. The third-order valence-electron chi connectivity index (χ3n) is 3.31. The minimum atomic E-state index is -0.415. The number of imidazole rings is 1. The summed E-state index contributed by atoms with van der Waals surface area (Å²) in [6.45, 7) is 2.04. The number of alkyl halides is 1. The average Bonchev–Trinajstić information content (AvgIpc) is 2.73. The Morgan fingerprint density at radius 3 is 3.00 bits per heavy atom. The Morgan fingerprint density at radius 2 is 2.33 bits per heavy atom. The molecule has 1 aliphatic rings. The van der Waals surface area contributed by atoms with Gasteiger partial charge in [-0.05, 0) is 6.42 Å². The Bertz CT molecular complexity index is 445. The predicted molar refractivity (Wildman–Crippen MR) is 64.1 cm³/mol. The van der Waals surface area contributed by atoms with Gasteiger partial charge in [0.15, 0.2) is 0 Å². The van der Waals surface area contributed by atoms with Crippen molar-refractivity contribution in [3.05, 3.63) is 17.2 Å². The zero-order chi connectivity index (χ0) is 13.1. The van der Waals surface area contributed by atoms with Crippen LogP contribution in [0.1, 0.15) is 28.4 Å². The van der Waals surface area contributed by atoms with Gasteiger partial charge in [0.25, 0.3) is 0 Å². The number of rotatable bonds is 4. The Kier molecular flexibility index (Phi) is 3.96. The Balaban J connectivity index is 2.16. The molecule has 0 amide bonds. The second-order valence-corrected chi connectivity index (χ2v) is 4.45. The first kappa shape index (κ1) is 13.0. The quantitative estimate of drug-likeness (QED) is 0.751. The molecule has 0 aromatic carbocycles. The van der Waals surface area contributed by atoms with E-state index in [0.717, 1.165) is 37.4 Å². The first-order valence-corrected chi connectivity index (χ1v) is 6.08. The van der Waals surface area contributed by atoms with Crippen LogP contribution in [0, 0.1) is 0 Å². The Labute approximate surface area is 106 Å². The van der Waals surface area contributed by atoms with Crippen molar-refractivity contribution in [1.29, 1.82) is 0 Å². The second-order valence-electron chi connectivity index (χ2n) is 4.45. The fourth-order valence-electron chi connectivity index (χ4n) is 2.29. The number of nitrogens with zero attached hydrogens (tertiary/aromatic N) is 3. The minimum absolute atomic E-state index is 0.290. The van der Waals surface area contributed by atoms with Crippen molar-refractivity contribution in [2.45, 2.75) is 19.4 Å². The number of esters is 1. The van der Waals surface area contributed by atoms with Crippen LogP contribution in [0.5, 0.6) is 0 Å². The van der Waals surface area contributed by atoms with Crippen molar-refractivity contribution >= 4 is 5.97 Å². The summed E-state index contributed by atoms with van der Waals surface area (Å²) in [5.74, 6) is -0.0722. The van der Waals surface area contributed by atoms with Gasteiger partial charge in [-0.2, -0.15) is 0 Å². The molecule has 0 saturated carbocycles. The molecule has 100 valence electrons. The van der Waals surface area contributed by atoms with Crippen molar-refractivity contribution in [1.82, 2.24) is 14.5 Å². The van der Waals surface area contributed by atoms with Crippen LogP contribution in [0.2, 0.25) is 0 Å². The van der Waals surface area contributed by atoms with E-state index in [4.69, 9.17) is 4.74 Å². The van der Waals surface area contributed by atoms with Crippen LogP contribution in [0.3, 0.4) is 0 Å². The largest absolute Gasteiger partial charge is 0.463 e. The van der Waals surface area contributed by atoms with Gasteiger partial charge in [-0.1, -0.05) is 0 Å². The van der Waals surface area contributed by atoms with Crippen molar-refractivity contribution in [2.75, 3.05) is 26.9 Å². The molecule has 1 aliphatic heterocycles. The summed E-state index contributed by atoms with van der Waals surface area (Å²) in [7, 11) is 3.17. The van der Waals surface area contributed by atoms with Gasteiger partial charge in [0.05, 0.1) is 25.2 Å². The van der Waals surface area contributed by atoms with Gasteiger partial charge in [-0.25, -0.2) is 9.78 Å². The first-order valence-electron chi connectivity index (χ1n) is 6.08. The van der Waals surface area contributed by atoms with E-state index in [9.17, 15) is 9.18 Å². The number of methoxy groups -OCH3 is 1. The monoisotopic (exact) mass is 255 g/mol. The molecule has 5 nitrogen and oxygen atoms in total. The summed E-state index contributed by atoms with van der Waals surface area (Å²) in [5.41, 5.74) is 1.98. The van der Waals surface area contributed by atoms with Crippen LogP contribution in [0.15, 0.2) is 0 Å². The minimum Gasteiger partial charge on any atom is -0.463 e. The maximum atomic E-state index is 12.2. The summed E-state index contributed by atoms with van der Waals surface area (Å²) in [5, 5.41) is 0. The molecule has 2 heterocycles. The fourth-order valence-corrected chi connectivity index (χ4v) is 2.29. The van der Waals surface area contributed by atoms with E-state index in [1.807, 2.05) is 7.05 Å². The van der Waals surface area contributed by atoms with Gasteiger partial charge in [-0.15, -0.1) is 0 Å². The van der Waals surface area contributed by atoms with Crippen LogP contribution in [0.25, 0.3) is 0 Å². The lowest BCUT2D eigenvalue weighted by Crippen LogP contribution is -2.32. The summed E-state index contributed by atoms with van der Waals surface area (Å²) in [6.07, 6.45) is 1.35. The standard InChI is InChI=1S/C12H18FN3O2/c1-15-10-8-16(6-3-5-13)7-4-9(10)14-11(15)12(17)18-2/h3-8H2,1-2H3. The molecule has 0 aliphatic carbocycles. The Hall–Kier alpha value is -1.43. The zero-order valence-corrected chi connectivity index (χ0v) is 10.8. The summed E-state index contributed by atoms with van der Waals surface area (Å²) >= 11 is 0. The molecule has 1 aromatic rings. The lowest BCUT2D eigenvalue weighted by Gasteiger charge is -2.26. The third-order valence-corrected chi connectivity index (χ3v) is 3.31. The molecule has 0 fully saturated rings. The van der Waals surface area contributed by atoms with Crippen molar-refractivity contribution in [3.8, 4) is 0 Å². The summed E-state index contributed by atoms with van der Waals surface area (Å²) < 4.78 is 18.7. The van der Waals surface area contributed by atoms with E-state index in [2.05, 4.69) is 9.88 Å². The van der Waals surface area contributed by atoms with E-state index < -0.39 is 5.97 Å². The van der Waals surface area contributed by atoms with Gasteiger partial charge < -0.3 is 9.30 Å². The number of aromatic nitrogens is 2. The second kappa shape index (κ2) is 5.48. The van der Waals surface area contributed by atoms with Gasteiger partial charge >= 0.3 is 5.97 Å². The van der Waals surface area contributed by atoms with Crippen LogP contribution in [-0.4, -0.2) is 47.3 Å². The number of halogens is 1. The highest BCUT2D eigenvalue weighted by Gasteiger charge is 2.25. The normalized spacial score (nSPS) is 15.5. The van der Waals surface area contributed by atoms with Crippen LogP contribution in [-0.2, 0) is 24.8 Å². The molecule has 0 spiro atoms. The maximum absolute atomic E-state index is 12.2. The highest BCUT2D eigenvalue weighted by molar-refractivity contribution is 5.85. The molecule has 0 atom stereocenters. The highest BCUT2D eigenvalue weighted by atomic mass is 19.1. The molecular formula is C12H18FN3O2. The summed E-state index contributed by atoms with van der Waals surface area (Å²) in [6, 6.07) is 0. The summed E-state index contributed by atoms with van der Waals surface area (Å²) in [4.78, 5) is 18.0. The molecule has 2 rings (SSSR count). The van der Waals surface area contributed by atoms with Crippen molar-refractivity contribution < 1.29 is 13.9 Å². The lowest BCUT2D eigenvalue weighted by molar-refractivity contribution is 0.0582. The number of hydrogen-bond acceptors (Lipinski definition) is 4. The highest BCUT2D eigenvalue weighted by Crippen LogP contribution is 2.19. The van der Waals surface area contributed by atoms with Crippen LogP contribution >= 0.6 is 0 Å². The number of carbonyl (C=O) groups is 1. The van der Waals surface area contributed by atoms with Crippen molar-refractivity contribution in [2.24, 2.45) is 7.05 Å². The van der Waals surface area contributed by atoms with E-state index >= 15 is 0 Å². The molecular weight excluding hydrogens is 237 g/mol. The molecule has 0 unspecified atom stereocenters. The topological polar surface area (TPSA) is 47.4 Å². The number of carbonyl (C=O) groups excluding carboxylic acids is 1. The van der Waals surface area contributed by atoms with Gasteiger partial charge in [0, 0.05) is 33.1 Å². The molecule has 0 radical (unpaired) electrons. The third kappa shape index (κ3) is 2.38. The van der Waals surface area contributed by atoms with E-state index in [1.54, 1.807) is 4.57 Å². The molecule has 0 N–H and O–H groups in total. The zero-order valence-electron chi connectivity index (χ0n) is 10.8. The first-order chi connectivity index (χ1) is 8.67. The Morgan fingerprint density at radius 1 is 1.56 bits per heavy atom. The van der Waals surface area contributed by atoms with Gasteiger partial charge in [0.2, 0.25) is 5.82 Å². The predicted octanol–water partition coefficient (Wildman–Crippen LogP) is 0.924. The van der Waals surface area contributed by atoms with E-state index in [-0.39, 0.29) is 6.67 Å². The SMILES string of the molecule is COC(=O)c1nc2c(n1C)CN(CCCF)CC2. The number of hydrogen-bond donors (Lipinski definition) is 0. The number of fused-ring (bicyclic) bond motifs is 1. The lowest BCUT2D eigenvalue weighted by atomic mass is 10.1. The smallest absolute Gasteiger partial charge is 0.374 e. The molecule has 0 bridgehead atoms. The molecule has 18 heavy (non-hydrogen) atoms. The molecule has 6 heteroatoms. The van der Waals surface area contributed by atoms with Gasteiger partial charge in [-0.3, -0.25) is 9.29 Å². The van der Waals surface area contributed by atoms with Crippen molar-refractivity contribution in [3.63, 3.8) is 0 Å². The maximum Gasteiger partial charge on any atom is 0.374 e. The molecule has 1 aromatic heterocycles. The van der Waals surface area contributed by atoms with E-state index in [1.165, 1.54) is 7.11 Å². The molecule has 0 saturated heterocycles.